The summed E-state index contributed by atoms with van der Waals surface area (Å²) in [5.41, 5.74) is -1.31. The molecule has 0 amide bonds. The van der Waals surface area contributed by atoms with Crippen LogP contribution in [0.1, 0.15) is 25.7 Å². The van der Waals surface area contributed by atoms with E-state index in [9.17, 15) is 26.7 Å². The van der Waals surface area contributed by atoms with E-state index in [1.165, 1.54) is 0 Å². The first-order chi connectivity index (χ1) is 10.1. The Labute approximate surface area is 127 Å². The lowest BCUT2D eigenvalue weighted by molar-refractivity contribution is -0.213. The number of hydrogen-bond acceptors (Lipinski definition) is 4. The monoisotopic (exact) mass is 341 g/mol. The Balaban J connectivity index is 1.92. The summed E-state index contributed by atoms with van der Waals surface area (Å²) in [6, 6.07) is 0. The van der Waals surface area contributed by atoms with E-state index in [2.05, 4.69) is 5.92 Å². The smallest absolute Gasteiger partial charge is 0.378 e. The molecule has 2 aliphatic rings. The zero-order chi connectivity index (χ0) is 16.6. The molecular weight excluding hydrogens is 323 g/mol. The van der Waals surface area contributed by atoms with Crippen LogP contribution >= 0.6 is 0 Å². The second-order valence-electron chi connectivity index (χ2n) is 5.72. The number of alkyl halides is 3. The van der Waals surface area contributed by atoms with Crippen LogP contribution in [-0.4, -0.2) is 60.7 Å². The van der Waals surface area contributed by atoms with Gasteiger partial charge >= 0.3 is 6.18 Å². The highest BCUT2D eigenvalue weighted by Crippen LogP contribution is 2.34. The SMILES string of the molecule is C#CC1(O)CCN(S(=O)(=O)CC2CCC(C(F)(F)F)O2)CC1. The fraction of sp³-hybridized carbons (Fsp3) is 0.846. The number of rotatable bonds is 3. The third-order valence-corrected chi connectivity index (χ3v) is 6.03. The van der Waals surface area contributed by atoms with Crippen LogP contribution in [0, 0.1) is 12.3 Å². The highest BCUT2D eigenvalue weighted by molar-refractivity contribution is 7.89. The number of aliphatic hydroxyl groups is 1. The minimum absolute atomic E-state index is 0.0540. The molecule has 126 valence electrons. The number of sulfonamides is 1. The zero-order valence-electron chi connectivity index (χ0n) is 11.8. The molecule has 2 aliphatic heterocycles. The third kappa shape index (κ3) is 3.93. The summed E-state index contributed by atoms with van der Waals surface area (Å²) in [5.74, 6) is 1.75. The van der Waals surface area contributed by atoms with Crippen LogP contribution in [0.4, 0.5) is 13.2 Å². The number of ether oxygens (including phenoxy) is 1. The average Bonchev–Trinajstić information content (AvgIpc) is 2.87. The van der Waals surface area contributed by atoms with Crippen LogP contribution in [0.2, 0.25) is 0 Å². The normalized spacial score (nSPS) is 30.1. The van der Waals surface area contributed by atoms with Crippen molar-refractivity contribution in [3.8, 4) is 12.3 Å². The first-order valence-electron chi connectivity index (χ1n) is 6.96. The zero-order valence-corrected chi connectivity index (χ0v) is 12.7. The highest BCUT2D eigenvalue weighted by atomic mass is 32.2. The fourth-order valence-corrected chi connectivity index (χ4v) is 4.35. The lowest BCUT2D eigenvalue weighted by Gasteiger charge is -2.34. The molecule has 22 heavy (non-hydrogen) atoms. The predicted octanol–water partition coefficient (Wildman–Crippen LogP) is 0.886. The second kappa shape index (κ2) is 6.00. The first kappa shape index (κ1) is 17.5. The maximum atomic E-state index is 12.5. The Bertz CT molecular complexity index is 547. The summed E-state index contributed by atoms with van der Waals surface area (Å²) in [5, 5.41) is 9.86. The Morgan fingerprint density at radius 1 is 1.32 bits per heavy atom. The molecule has 0 spiro atoms. The quantitative estimate of drug-likeness (QED) is 0.774. The van der Waals surface area contributed by atoms with E-state index >= 15 is 0 Å². The van der Waals surface area contributed by atoms with Gasteiger partial charge in [0.25, 0.3) is 0 Å². The van der Waals surface area contributed by atoms with Crippen molar-refractivity contribution in [2.75, 3.05) is 18.8 Å². The van der Waals surface area contributed by atoms with Gasteiger partial charge in [-0.05, 0) is 12.8 Å². The van der Waals surface area contributed by atoms with Crippen LogP contribution in [-0.2, 0) is 14.8 Å². The van der Waals surface area contributed by atoms with Gasteiger partial charge in [-0.2, -0.15) is 13.2 Å². The van der Waals surface area contributed by atoms with E-state index in [4.69, 9.17) is 11.2 Å². The van der Waals surface area contributed by atoms with Crippen LogP contribution in [0.15, 0.2) is 0 Å². The Morgan fingerprint density at radius 3 is 2.36 bits per heavy atom. The molecule has 0 radical (unpaired) electrons. The molecule has 0 aromatic rings. The molecule has 5 nitrogen and oxygen atoms in total. The van der Waals surface area contributed by atoms with Crippen LogP contribution in [0.5, 0.6) is 0 Å². The summed E-state index contributed by atoms with van der Waals surface area (Å²) in [4.78, 5) is 0. The Hall–Kier alpha value is -0.820. The van der Waals surface area contributed by atoms with E-state index < -0.39 is 39.8 Å². The Morgan fingerprint density at radius 2 is 1.91 bits per heavy atom. The van der Waals surface area contributed by atoms with E-state index in [1.54, 1.807) is 0 Å². The molecule has 0 aromatic heterocycles. The number of piperidine rings is 1. The number of hydrogen-bond donors (Lipinski definition) is 1. The van der Waals surface area contributed by atoms with E-state index in [0.29, 0.717) is 0 Å². The summed E-state index contributed by atoms with van der Waals surface area (Å²) < 4.78 is 68.0. The molecule has 2 rings (SSSR count). The summed E-state index contributed by atoms with van der Waals surface area (Å²) >= 11 is 0. The average molecular weight is 341 g/mol. The number of terminal acetylenes is 1. The molecule has 9 heteroatoms. The minimum Gasteiger partial charge on any atom is -0.378 e. The summed E-state index contributed by atoms with van der Waals surface area (Å²) in [7, 11) is -3.73. The van der Waals surface area contributed by atoms with Gasteiger partial charge in [0, 0.05) is 25.9 Å². The third-order valence-electron chi connectivity index (χ3n) is 4.08. The Kier molecular flexibility index (Phi) is 4.78. The van der Waals surface area contributed by atoms with Crippen molar-refractivity contribution in [2.24, 2.45) is 0 Å². The van der Waals surface area contributed by atoms with Gasteiger partial charge in [0.2, 0.25) is 10.0 Å². The van der Waals surface area contributed by atoms with E-state index in [1.807, 2.05) is 0 Å². The van der Waals surface area contributed by atoms with Crippen LogP contribution in [0.3, 0.4) is 0 Å². The van der Waals surface area contributed by atoms with Gasteiger partial charge in [0.1, 0.15) is 5.60 Å². The molecule has 2 heterocycles. The maximum Gasteiger partial charge on any atom is 0.414 e. The van der Waals surface area contributed by atoms with Gasteiger partial charge in [-0.25, -0.2) is 12.7 Å². The molecule has 0 bridgehead atoms. The largest absolute Gasteiger partial charge is 0.414 e. The second-order valence-corrected chi connectivity index (χ2v) is 7.73. The van der Waals surface area contributed by atoms with Crippen LogP contribution in [0.25, 0.3) is 0 Å². The lowest BCUT2D eigenvalue weighted by Crippen LogP contribution is -2.47. The number of nitrogens with zero attached hydrogens (tertiary/aromatic N) is 1. The van der Waals surface area contributed by atoms with E-state index in [-0.39, 0.29) is 38.8 Å². The van der Waals surface area contributed by atoms with Gasteiger partial charge in [-0.1, -0.05) is 5.92 Å². The van der Waals surface area contributed by atoms with Gasteiger partial charge in [0.15, 0.2) is 6.10 Å². The van der Waals surface area contributed by atoms with Crippen LogP contribution < -0.4 is 0 Å². The summed E-state index contributed by atoms with van der Waals surface area (Å²) in [6.45, 7) is 0.108. The van der Waals surface area contributed by atoms with Crippen molar-refractivity contribution in [1.29, 1.82) is 0 Å². The minimum atomic E-state index is -4.47. The molecule has 2 atom stereocenters. The molecule has 0 aromatic carbocycles. The van der Waals surface area contributed by atoms with Crippen molar-refractivity contribution < 1.29 is 31.4 Å². The van der Waals surface area contributed by atoms with Gasteiger partial charge < -0.3 is 9.84 Å². The molecule has 0 saturated carbocycles. The first-order valence-corrected chi connectivity index (χ1v) is 8.57. The molecule has 2 fully saturated rings. The van der Waals surface area contributed by atoms with Crippen molar-refractivity contribution in [1.82, 2.24) is 4.31 Å². The van der Waals surface area contributed by atoms with Gasteiger partial charge in [-0.3, -0.25) is 0 Å². The van der Waals surface area contributed by atoms with Crippen molar-refractivity contribution in [2.45, 2.75) is 49.7 Å². The molecule has 2 saturated heterocycles. The van der Waals surface area contributed by atoms with Crippen molar-refractivity contribution >= 4 is 10.0 Å². The van der Waals surface area contributed by atoms with Crippen molar-refractivity contribution in [3.05, 3.63) is 0 Å². The maximum absolute atomic E-state index is 12.5. The fourth-order valence-electron chi connectivity index (χ4n) is 2.69. The topological polar surface area (TPSA) is 66.8 Å². The molecular formula is C13H18F3NO4S. The van der Waals surface area contributed by atoms with Crippen molar-refractivity contribution in [3.63, 3.8) is 0 Å². The highest BCUT2D eigenvalue weighted by Gasteiger charge is 2.47. The lowest BCUT2D eigenvalue weighted by atomic mass is 9.94. The molecule has 1 N–H and O–H groups in total. The standard InChI is InChI=1S/C13H18F3NO4S/c1-2-12(18)5-7-17(8-6-12)22(19,20)9-10-3-4-11(21-10)13(14,15)16/h1,10-11,18H,3-9H2. The van der Waals surface area contributed by atoms with Gasteiger partial charge in [-0.15, -0.1) is 6.42 Å². The number of halogens is 3. The summed E-state index contributed by atoms with van der Waals surface area (Å²) in [6.07, 6.45) is -2.06. The van der Waals surface area contributed by atoms with E-state index in [0.717, 1.165) is 4.31 Å². The molecule has 0 aliphatic carbocycles. The molecule has 2 unspecified atom stereocenters. The van der Waals surface area contributed by atoms with Gasteiger partial charge in [0.05, 0.1) is 11.9 Å². The predicted molar refractivity (Wildman–Crippen MR) is 72.3 cm³/mol.